The molecule has 0 spiro atoms. The molecule has 2 fully saturated rings. The van der Waals surface area contributed by atoms with E-state index in [-0.39, 0.29) is 18.7 Å². The number of urea groups is 1. The number of rotatable bonds is 8. The monoisotopic (exact) mass is 326 g/mol. The molecule has 0 aromatic rings. The molecule has 3 N–H and O–H groups in total. The van der Waals surface area contributed by atoms with E-state index in [4.69, 9.17) is 9.84 Å². The molecule has 0 radical (unpaired) electrons. The van der Waals surface area contributed by atoms with Gasteiger partial charge in [-0.3, -0.25) is 0 Å². The van der Waals surface area contributed by atoms with E-state index in [0.717, 1.165) is 38.7 Å². The maximum atomic E-state index is 12.0. The Kier molecular flexibility index (Phi) is 8.17. The Labute approximate surface area is 140 Å². The lowest BCUT2D eigenvalue weighted by Crippen LogP contribution is -2.44. The predicted molar refractivity (Wildman–Crippen MR) is 91.4 cm³/mol. The summed E-state index contributed by atoms with van der Waals surface area (Å²) in [5.74, 6) is 1.10. The Bertz CT molecular complexity index is 337. The molecule has 2 rings (SSSR count). The number of hydrogen-bond donors (Lipinski definition) is 3. The molecule has 0 saturated heterocycles. The third kappa shape index (κ3) is 6.30. The smallest absolute Gasteiger partial charge is 0.315 e. The predicted octanol–water partition coefficient (Wildman–Crippen LogP) is 2.82. The van der Waals surface area contributed by atoms with E-state index in [1.807, 2.05) is 6.92 Å². The van der Waals surface area contributed by atoms with E-state index in [1.165, 1.54) is 25.7 Å². The largest absolute Gasteiger partial charge is 0.396 e. The second-order valence-corrected chi connectivity index (χ2v) is 7.13. The second-order valence-electron chi connectivity index (χ2n) is 7.13. The molecule has 5 heteroatoms. The van der Waals surface area contributed by atoms with E-state index in [9.17, 15) is 4.79 Å². The van der Waals surface area contributed by atoms with Crippen molar-refractivity contribution in [3.8, 4) is 0 Å². The zero-order valence-electron chi connectivity index (χ0n) is 14.6. The Hall–Kier alpha value is -0.810. The first-order chi connectivity index (χ1) is 11.2. The molecule has 2 aliphatic carbocycles. The highest BCUT2D eigenvalue weighted by molar-refractivity contribution is 5.74. The summed E-state index contributed by atoms with van der Waals surface area (Å²) in [5, 5.41) is 15.2. The topological polar surface area (TPSA) is 70.6 Å². The van der Waals surface area contributed by atoms with Gasteiger partial charge >= 0.3 is 6.03 Å². The summed E-state index contributed by atoms with van der Waals surface area (Å²) in [6.07, 6.45) is 10.3. The Morgan fingerprint density at radius 1 is 1.17 bits per heavy atom. The number of amides is 2. The molecule has 1 atom stereocenters. The molecule has 0 aromatic heterocycles. The Balaban J connectivity index is 1.61. The lowest BCUT2D eigenvalue weighted by atomic mass is 9.87. The van der Waals surface area contributed by atoms with Crippen LogP contribution in [0.25, 0.3) is 0 Å². The SMILES string of the molecule is CCOC(CCNC(=O)NC1CCC(CO)CC1)C1CCCC1. The van der Waals surface area contributed by atoms with E-state index < -0.39 is 0 Å². The highest BCUT2D eigenvalue weighted by Gasteiger charge is 2.25. The van der Waals surface area contributed by atoms with Crippen molar-refractivity contribution in [2.24, 2.45) is 11.8 Å². The summed E-state index contributed by atoms with van der Waals surface area (Å²) >= 11 is 0. The highest BCUT2D eigenvalue weighted by atomic mass is 16.5. The van der Waals surface area contributed by atoms with Gasteiger partial charge in [-0.2, -0.15) is 0 Å². The van der Waals surface area contributed by atoms with Crippen LogP contribution in [0.1, 0.15) is 64.7 Å². The van der Waals surface area contributed by atoms with Gasteiger partial charge in [0.25, 0.3) is 0 Å². The number of carbonyl (C=O) groups is 1. The summed E-state index contributed by atoms with van der Waals surface area (Å²) < 4.78 is 5.89. The molecule has 1 unspecified atom stereocenters. The van der Waals surface area contributed by atoms with E-state index in [0.29, 0.717) is 24.5 Å². The van der Waals surface area contributed by atoms with Gasteiger partial charge < -0.3 is 20.5 Å². The minimum absolute atomic E-state index is 0.0564. The summed E-state index contributed by atoms with van der Waals surface area (Å²) in [4.78, 5) is 12.0. The normalized spacial score (nSPS) is 26.9. The van der Waals surface area contributed by atoms with Crippen LogP contribution in [0, 0.1) is 11.8 Å². The van der Waals surface area contributed by atoms with Gasteiger partial charge in [0.05, 0.1) is 6.10 Å². The third-order valence-corrected chi connectivity index (χ3v) is 5.46. The molecular formula is C18H34N2O3. The van der Waals surface area contributed by atoms with Gasteiger partial charge in [0.15, 0.2) is 0 Å². The fourth-order valence-electron chi connectivity index (χ4n) is 4.05. The lowest BCUT2D eigenvalue weighted by Gasteiger charge is -2.28. The summed E-state index contributed by atoms with van der Waals surface area (Å²) in [7, 11) is 0. The fourth-order valence-corrected chi connectivity index (χ4v) is 4.05. The molecule has 2 amide bonds. The molecular weight excluding hydrogens is 292 g/mol. The molecule has 0 heterocycles. The van der Waals surface area contributed by atoms with Crippen LogP contribution < -0.4 is 10.6 Å². The van der Waals surface area contributed by atoms with Gasteiger partial charge in [0, 0.05) is 25.8 Å². The minimum Gasteiger partial charge on any atom is -0.396 e. The molecule has 23 heavy (non-hydrogen) atoms. The van der Waals surface area contributed by atoms with Crippen LogP contribution in [-0.4, -0.2) is 43.0 Å². The molecule has 5 nitrogen and oxygen atoms in total. The molecule has 2 aliphatic rings. The first-order valence-electron chi connectivity index (χ1n) is 9.49. The van der Waals surface area contributed by atoms with Crippen molar-refractivity contribution < 1.29 is 14.6 Å². The number of aliphatic hydroxyl groups excluding tert-OH is 1. The first-order valence-corrected chi connectivity index (χ1v) is 9.49. The third-order valence-electron chi connectivity index (χ3n) is 5.46. The van der Waals surface area contributed by atoms with Crippen LogP contribution in [-0.2, 0) is 4.74 Å². The van der Waals surface area contributed by atoms with Gasteiger partial charge in [-0.05, 0) is 63.7 Å². The van der Waals surface area contributed by atoms with Crippen LogP contribution >= 0.6 is 0 Å². The minimum atomic E-state index is -0.0564. The van der Waals surface area contributed by atoms with Gasteiger partial charge in [-0.15, -0.1) is 0 Å². The standard InChI is InChI=1S/C18H34N2O3/c1-2-23-17(15-5-3-4-6-15)11-12-19-18(22)20-16-9-7-14(13-21)8-10-16/h14-17,21H,2-13H2,1H3,(H2,19,20,22). The van der Waals surface area contributed by atoms with Crippen molar-refractivity contribution in [2.45, 2.75) is 76.9 Å². The van der Waals surface area contributed by atoms with Crippen LogP contribution in [0.3, 0.4) is 0 Å². The van der Waals surface area contributed by atoms with Crippen molar-refractivity contribution in [3.63, 3.8) is 0 Å². The van der Waals surface area contributed by atoms with E-state index >= 15 is 0 Å². The Morgan fingerprint density at radius 3 is 2.48 bits per heavy atom. The number of hydrogen-bond acceptors (Lipinski definition) is 3. The summed E-state index contributed by atoms with van der Waals surface area (Å²) in [6.45, 7) is 3.75. The van der Waals surface area contributed by atoms with Crippen LogP contribution in [0.15, 0.2) is 0 Å². The molecule has 0 aromatic carbocycles. The zero-order chi connectivity index (χ0) is 16.5. The number of ether oxygens (including phenoxy) is 1. The van der Waals surface area contributed by atoms with Crippen molar-refractivity contribution in [3.05, 3.63) is 0 Å². The number of aliphatic hydroxyl groups is 1. The first kappa shape index (κ1) is 18.5. The van der Waals surface area contributed by atoms with Crippen molar-refractivity contribution >= 4 is 6.03 Å². The number of carbonyl (C=O) groups excluding carboxylic acids is 1. The fraction of sp³-hybridized carbons (Fsp3) is 0.944. The maximum Gasteiger partial charge on any atom is 0.315 e. The summed E-state index contributed by atoms with van der Waals surface area (Å²) in [5.41, 5.74) is 0. The lowest BCUT2D eigenvalue weighted by molar-refractivity contribution is 0.0167. The molecule has 0 bridgehead atoms. The van der Waals surface area contributed by atoms with Crippen LogP contribution in [0.2, 0.25) is 0 Å². The summed E-state index contributed by atoms with van der Waals surface area (Å²) in [6, 6.07) is 0.203. The Morgan fingerprint density at radius 2 is 1.87 bits per heavy atom. The average Bonchev–Trinajstić information content (AvgIpc) is 3.09. The van der Waals surface area contributed by atoms with Crippen molar-refractivity contribution in [1.82, 2.24) is 10.6 Å². The van der Waals surface area contributed by atoms with Gasteiger partial charge in [0.2, 0.25) is 0 Å². The van der Waals surface area contributed by atoms with Crippen molar-refractivity contribution in [2.75, 3.05) is 19.8 Å². The second kappa shape index (κ2) is 10.1. The molecule has 0 aliphatic heterocycles. The average molecular weight is 326 g/mol. The molecule has 2 saturated carbocycles. The highest BCUT2D eigenvalue weighted by Crippen LogP contribution is 2.30. The van der Waals surface area contributed by atoms with Gasteiger partial charge in [0.1, 0.15) is 0 Å². The quantitative estimate of drug-likeness (QED) is 0.642. The molecule has 134 valence electrons. The zero-order valence-corrected chi connectivity index (χ0v) is 14.6. The van der Waals surface area contributed by atoms with E-state index in [1.54, 1.807) is 0 Å². The maximum absolute atomic E-state index is 12.0. The van der Waals surface area contributed by atoms with Crippen LogP contribution in [0.4, 0.5) is 4.79 Å². The van der Waals surface area contributed by atoms with Crippen LogP contribution in [0.5, 0.6) is 0 Å². The van der Waals surface area contributed by atoms with Gasteiger partial charge in [-0.25, -0.2) is 4.79 Å². The van der Waals surface area contributed by atoms with Crippen molar-refractivity contribution in [1.29, 1.82) is 0 Å². The van der Waals surface area contributed by atoms with E-state index in [2.05, 4.69) is 10.6 Å². The van der Waals surface area contributed by atoms with Gasteiger partial charge in [-0.1, -0.05) is 12.8 Å². The number of nitrogens with one attached hydrogen (secondary N) is 2.